The van der Waals surface area contributed by atoms with Gasteiger partial charge in [0.15, 0.2) is 5.78 Å². The fourth-order valence-electron chi connectivity index (χ4n) is 0.967. The lowest BCUT2D eigenvalue weighted by atomic mass is 10.1. The van der Waals surface area contributed by atoms with Crippen molar-refractivity contribution < 1.29 is 9.53 Å². The van der Waals surface area contributed by atoms with Crippen LogP contribution < -0.4 is 10.5 Å². The van der Waals surface area contributed by atoms with Gasteiger partial charge in [-0.1, -0.05) is 13.8 Å². The molecular formula is C11H17NO2. The summed E-state index contributed by atoms with van der Waals surface area (Å²) in [7, 11) is 1.55. The number of nitrogen functional groups attached to an aromatic ring is 1. The average molecular weight is 195 g/mol. The third-order valence-electron chi connectivity index (χ3n) is 1.64. The molecule has 0 saturated carbocycles. The van der Waals surface area contributed by atoms with Gasteiger partial charge in [-0.25, -0.2) is 0 Å². The Morgan fingerprint density at radius 1 is 1.36 bits per heavy atom. The number of hydrogen-bond acceptors (Lipinski definition) is 3. The molecule has 0 fully saturated rings. The Morgan fingerprint density at radius 2 is 1.93 bits per heavy atom. The van der Waals surface area contributed by atoms with E-state index >= 15 is 0 Å². The van der Waals surface area contributed by atoms with Crippen LogP contribution in [0.5, 0.6) is 5.75 Å². The first kappa shape index (κ1) is 12.5. The summed E-state index contributed by atoms with van der Waals surface area (Å²) >= 11 is 0. The first-order valence-electron chi connectivity index (χ1n) is 4.59. The fourth-order valence-corrected chi connectivity index (χ4v) is 0.967. The zero-order valence-electron chi connectivity index (χ0n) is 9.13. The van der Waals surface area contributed by atoms with Gasteiger partial charge in [0.1, 0.15) is 5.75 Å². The maximum absolute atomic E-state index is 11.0. The summed E-state index contributed by atoms with van der Waals surface area (Å²) in [6.45, 7) is 5.48. The van der Waals surface area contributed by atoms with Gasteiger partial charge in [-0.3, -0.25) is 4.79 Å². The summed E-state index contributed by atoms with van der Waals surface area (Å²) in [5, 5.41) is 0. The molecule has 0 unspecified atom stereocenters. The highest BCUT2D eigenvalue weighted by molar-refractivity contribution is 5.99. The second kappa shape index (κ2) is 6.02. The summed E-state index contributed by atoms with van der Waals surface area (Å²) in [6, 6.07) is 5.02. The van der Waals surface area contributed by atoms with Crippen LogP contribution >= 0.6 is 0 Å². The van der Waals surface area contributed by atoms with Crippen molar-refractivity contribution in [1.29, 1.82) is 0 Å². The van der Waals surface area contributed by atoms with E-state index in [9.17, 15) is 4.79 Å². The lowest BCUT2D eigenvalue weighted by Gasteiger charge is -2.04. The molecule has 1 aromatic carbocycles. The Balaban J connectivity index is 0.000000791. The van der Waals surface area contributed by atoms with Crippen molar-refractivity contribution in [1.82, 2.24) is 0 Å². The molecular weight excluding hydrogens is 178 g/mol. The van der Waals surface area contributed by atoms with Crippen LogP contribution in [0.4, 0.5) is 5.69 Å². The molecule has 1 aromatic rings. The molecule has 0 aliphatic heterocycles. The summed E-state index contributed by atoms with van der Waals surface area (Å²) in [6.07, 6.45) is 0. The lowest BCUT2D eigenvalue weighted by Crippen LogP contribution is -1.99. The Morgan fingerprint density at radius 3 is 2.36 bits per heavy atom. The topological polar surface area (TPSA) is 52.3 Å². The summed E-state index contributed by atoms with van der Waals surface area (Å²) in [5.41, 5.74) is 6.57. The molecule has 3 nitrogen and oxygen atoms in total. The van der Waals surface area contributed by atoms with Crippen molar-refractivity contribution in [2.45, 2.75) is 20.8 Å². The van der Waals surface area contributed by atoms with Gasteiger partial charge in [-0.15, -0.1) is 0 Å². The van der Waals surface area contributed by atoms with E-state index in [2.05, 4.69) is 0 Å². The molecule has 0 aromatic heterocycles. The van der Waals surface area contributed by atoms with Crippen molar-refractivity contribution in [2.24, 2.45) is 0 Å². The third kappa shape index (κ3) is 3.09. The zero-order chi connectivity index (χ0) is 11.1. The van der Waals surface area contributed by atoms with E-state index in [1.54, 1.807) is 25.3 Å². The van der Waals surface area contributed by atoms with Gasteiger partial charge in [-0.2, -0.15) is 0 Å². The fraction of sp³-hybridized carbons (Fsp3) is 0.364. The van der Waals surface area contributed by atoms with Gasteiger partial charge < -0.3 is 10.5 Å². The standard InChI is InChI=1S/C9H11NO2.C2H6/c1-6(11)8-5-7(12-2)3-4-9(8)10;1-2/h3-5H,10H2,1-2H3;1-2H3. The molecule has 0 amide bonds. The van der Waals surface area contributed by atoms with Crippen molar-refractivity contribution in [2.75, 3.05) is 12.8 Å². The number of carbonyl (C=O) groups excluding carboxylic acids is 1. The molecule has 0 heterocycles. The van der Waals surface area contributed by atoms with Crippen LogP contribution in [0.15, 0.2) is 18.2 Å². The minimum absolute atomic E-state index is 0.0496. The van der Waals surface area contributed by atoms with Gasteiger partial charge in [0.25, 0.3) is 0 Å². The van der Waals surface area contributed by atoms with Crippen LogP contribution in [0.25, 0.3) is 0 Å². The predicted molar refractivity (Wildman–Crippen MR) is 58.8 cm³/mol. The molecule has 14 heavy (non-hydrogen) atoms. The molecule has 0 bridgehead atoms. The molecule has 3 heteroatoms. The van der Waals surface area contributed by atoms with Crippen molar-refractivity contribution in [3.05, 3.63) is 23.8 Å². The summed E-state index contributed by atoms with van der Waals surface area (Å²) in [4.78, 5) is 11.0. The van der Waals surface area contributed by atoms with Gasteiger partial charge in [-0.05, 0) is 25.1 Å². The molecule has 0 atom stereocenters. The highest BCUT2D eigenvalue weighted by Gasteiger charge is 2.05. The number of carbonyl (C=O) groups is 1. The number of hydrogen-bond donors (Lipinski definition) is 1. The highest BCUT2D eigenvalue weighted by atomic mass is 16.5. The van der Waals surface area contributed by atoms with E-state index in [1.165, 1.54) is 6.92 Å². The van der Waals surface area contributed by atoms with E-state index in [0.29, 0.717) is 17.0 Å². The van der Waals surface area contributed by atoms with Crippen LogP contribution in [-0.2, 0) is 0 Å². The zero-order valence-corrected chi connectivity index (χ0v) is 9.13. The van der Waals surface area contributed by atoms with E-state index in [0.717, 1.165) is 0 Å². The highest BCUT2D eigenvalue weighted by Crippen LogP contribution is 2.19. The number of methoxy groups -OCH3 is 1. The largest absolute Gasteiger partial charge is 0.497 e. The van der Waals surface area contributed by atoms with Crippen LogP contribution in [0.1, 0.15) is 31.1 Å². The number of ketones is 1. The van der Waals surface area contributed by atoms with Crippen LogP contribution in [0.2, 0.25) is 0 Å². The van der Waals surface area contributed by atoms with Crippen LogP contribution in [0, 0.1) is 0 Å². The van der Waals surface area contributed by atoms with Crippen LogP contribution in [-0.4, -0.2) is 12.9 Å². The average Bonchev–Trinajstić information content (AvgIpc) is 2.21. The molecule has 2 N–H and O–H groups in total. The van der Waals surface area contributed by atoms with Gasteiger partial charge in [0, 0.05) is 11.3 Å². The minimum atomic E-state index is -0.0496. The second-order valence-electron chi connectivity index (χ2n) is 2.51. The normalized spacial score (nSPS) is 8.57. The van der Waals surface area contributed by atoms with Gasteiger partial charge >= 0.3 is 0 Å². The van der Waals surface area contributed by atoms with Gasteiger partial charge in [0.05, 0.1) is 7.11 Å². The van der Waals surface area contributed by atoms with E-state index < -0.39 is 0 Å². The molecule has 0 aliphatic rings. The van der Waals surface area contributed by atoms with Crippen molar-refractivity contribution >= 4 is 11.5 Å². The number of benzene rings is 1. The minimum Gasteiger partial charge on any atom is -0.497 e. The molecule has 0 spiro atoms. The van der Waals surface area contributed by atoms with E-state index in [-0.39, 0.29) is 5.78 Å². The Hall–Kier alpha value is -1.51. The number of anilines is 1. The first-order valence-corrected chi connectivity index (χ1v) is 4.59. The van der Waals surface area contributed by atoms with Crippen LogP contribution in [0.3, 0.4) is 0 Å². The Bertz CT molecular complexity index is 308. The monoisotopic (exact) mass is 195 g/mol. The smallest absolute Gasteiger partial charge is 0.162 e. The van der Waals surface area contributed by atoms with Gasteiger partial charge in [0.2, 0.25) is 0 Å². The number of rotatable bonds is 2. The van der Waals surface area contributed by atoms with E-state index in [1.807, 2.05) is 13.8 Å². The first-order chi connectivity index (χ1) is 6.65. The Labute approximate surface area is 84.9 Å². The maximum atomic E-state index is 11.0. The molecule has 78 valence electrons. The number of Topliss-reactive ketones (excluding diaryl/α,β-unsaturated/α-hetero) is 1. The molecule has 1 rings (SSSR count). The van der Waals surface area contributed by atoms with Crippen molar-refractivity contribution in [3.63, 3.8) is 0 Å². The molecule has 0 radical (unpaired) electrons. The molecule has 0 aliphatic carbocycles. The quantitative estimate of drug-likeness (QED) is 0.582. The summed E-state index contributed by atoms with van der Waals surface area (Å²) < 4.78 is 4.95. The third-order valence-corrected chi connectivity index (χ3v) is 1.64. The molecule has 0 saturated heterocycles. The predicted octanol–water partition coefficient (Wildman–Crippen LogP) is 2.51. The Kier molecular flexibility index (Phi) is 5.37. The SMILES string of the molecule is CC.COc1ccc(N)c(C(C)=O)c1. The maximum Gasteiger partial charge on any atom is 0.162 e. The van der Waals surface area contributed by atoms with E-state index in [4.69, 9.17) is 10.5 Å². The number of ether oxygens (including phenoxy) is 1. The van der Waals surface area contributed by atoms with Crippen molar-refractivity contribution in [3.8, 4) is 5.75 Å². The number of nitrogens with two attached hydrogens (primary N) is 1. The summed E-state index contributed by atoms with van der Waals surface area (Å²) in [5.74, 6) is 0.598. The lowest BCUT2D eigenvalue weighted by molar-refractivity contribution is 0.101. The second-order valence-corrected chi connectivity index (χ2v) is 2.51.